The second-order valence-corrected chi connectivity index (χ2v) is 5.65. The third kappa shape index (κ3) is 4.84. The van der Waals surface area contributed by atoms with Gasteiger partial charge in [0.15, 0.2) is 0 Å². The molecule has 0 spiro atoms. The highest BCUT2D eigenvalue weighted by Gasteiger charge is 2.31. The maximum Gasteiger partial charge on any atom is 0.0747 e. The largest absolute Gasteiger partial charge is 0.374 e. The van der Waals surface area contributed by atoms with E-state index in [9.17, 15) is 0 Å². The maximum atomic E-state index is 5.99. The molecule has 0 aromatic rings. The topological polar surface area (TPSA) is 41.7 Å². The van der Waals surface area contributed by atoms with E-state index in [-0.39, 0.29) is 0 Å². The number of nitrogens with zero attached hydrogens (tertiary/aromatic N) is 2. The quantitative estimate of drug-likeness (QED) is 0.708. The summed E-state index contributed by atoms with van der Waals surface area (Å²) < 4.78 is 5.99. The Labute approximate surface area is 112 Å². The molecule has 0 saturated carbocycles. The van der Waals surface area contributed by atoms with E-state index >= 15 is 0 Å². The van der Waals surface area contributed by atoms with Crippen molar-refractivity contribution < 1.29 is 4.74 Å². The highest BCUT2D eigenvalue weighted by Crippen LogP contribution is 2.24. The van der Waals surface area contributed by atoms with Crippen LogP contribution in [0.25, 0.3) is 0 Å². The Morgan fingerprint density at radius 2 is 2.00 bits per heavy atom. The van der Waals surface area contributed by atoms with Crippen molar-refractivity contribution in [2.45, 2.75) is 51.4 Å². The third-order valence-corrected chi connectivity index (χ3v) is 3.86. The highest BCUT2D eigenvalue weighted by molar-refractivity contribution is 4.85. The van der Waals surface area contributed by atoms with Crippen molar-refractivity contribution in [2.75, 3.05) is 40.3 Å². The lowest BCUT2D eigenvalue weighted by molar-refractivity contribution is -0.00361. The van der Waals surface area contributed by atoms with Gasteiger partial charge in [0, 0.05) is 12.6 Å². The number of hydrogen-bond donors (Lipinski definition) is 1. The molecule has 2 N–H and O–H groups in total. The molecule has 3 unspecified atom stereocenters. The molecule has 18 heavy (non-hydrogen) atoms. The molecule has 1 fully saturated rings. The molecule has 0 bridgehead atoms. The summed E-state index contributed by atoms with van der Waals surface area (Å²) in [6.07, 6.45) is 4.28. The Bertz CT molecular complexity index is 223. The summed E-state index contributed by atoms with van der Waals surface area (Å²) >= 11 is 0. The van der Waals surface area contributed by atoms with Crippen molar-refractivity contribution in [2.24, 2.45) is 5.73 Å². The SMILES string of the molecule is CCN(CCCN(C)C)C(CN)C1CCC(C)O1. The second kappa shape index (κ2) is 8.10. The standard InChI is InChI=1S/C14H31N3O/c1-5-17(10-6-9-16(3)4)13(11-15)14-8-7-12(2)18-14/h12-14H,5-11,15H2,1-4H3. The summed E-state index contributed by atoms with van der Waals surface area (Å²) in [5.41, 5.74) is 5.97. The molecule has 4 heteroatoms. The summed E-state index contributed by atoms with van der Waals surface area (Å²) in [6.45, 7) is 8.39. The summed E-state index contributed by atoms with van der Waals surface area (Å²) in [7, 11) is 4.25. The van der Waals surface area contributed by atoms with E-state index in [1.165, 1.54) is 12.8 Å². The zero-order chi connectivity index (χ0) is 13.5. The van der Waals surface area contributed by atoms with Gasteiger partial charge in [-0.15, -0.1) is 0 Å². The second-order valence-electron chi connectivity index (χ2n) is 5.65. The first kappa shape index (κ1) is 15.9. The molecule has 1 saturated heterocycles. The van der Waals surface area contributed by atoms with Crippen molar-refractivity contribution >= 4 is 0 Å². The van der Waals surface area contributed by atoms with Crippen LogP contribution in [0.5, 0.6) is 0 Å². The number of hydrogen-bond acceptors (Lipinski definition) is 4. The summed E-state index contributed by atoms with van der Waals surface area (Å²) in [4.78, 5) is 4.73. The molecule has 0 radical (unpaired) electrons. The van der Waals surface area contributed by atoms with Crippen LogP contribution in [0.2, 0.25) is 0 Å². The lowest BCUT2D eigenvalue weighted by Gasteiger charge is -2.34. The van der Waals surface area contributed by atoms with Gasteiger partial charge in [-0.05, 0) is 59.9 Å². The first-order valence-electron chi connectivity index (χ1n) is 7.32. The van der Waals surface area contributed by atoms with Crippen LogP contribution in [-0.2, 0) is 4.74 Å². The fraction of sp³-hybridized carbons (Fsp3) is 1.00. The van der Waals surface area contributed by atoms with E-state index in [1.54, 1.807) is 0 Å². The average molecular weight is 257 g/mol. The van der Waals surface area contributed by atoms with Gasteiger partial charge in [0.05, 0.1) is 12.2 Å². The van der Waals surface area contributed by atoms with Crippen molar-refractivity contribution in [1.29, 1.82) is 0 Å². The molecule has 0 amide bonds. The van der Waals surface area contributed by atoms with Crippen LogP contribution in [0.15, 0.2) is 0 Å². The third-order valence-electron chi connectivity index (χ3n) is 3.86. The molecule has 4 nitrogen and oxygen atoms in total. The molecule has 108 valence electrons. The van der Waals surface area contributed by atoms with Gasteiger partial charge in [0.25, 0.3) is 0 Å². The Morgan fingerprint density at radius 1 is 1.28 bits per heavy atom. The minimum absolute atomic E-state index is 0.337. The van der Waals surface area contributed by atoms with Gasteiger partial charge in [-0.1, -0.05) is 6.92 Å². The lowest BCUT2D eigenvalue weighted by atomic mass is 10.1. The molecule has 1 aliphatic rings. The molecule has 1 rings (SSSR count). The molecule has 1 heterocycles. The molecular weight excluding hydrogens is 226 g/mol. The van der Waals surface area contributed by atoms with Gasteiger partial charge in [-0.3, -0.25) is 4.90 Å². The Morgan fingerprint density at radius 3 is 2.44 bits per heavy atom. The maximum absolute atomic E-state index is 5.99. The summed E-state index contributed by atoms with van der Waals surface area (Å²) in [6, 6.07) is 0.391. The van der Waals surface area contributed by atoms with E-state index < -0.39 is 0 Å². The van der Waals surface area contributed by atoms with Crippen LogP contribution >= 0.6 is 0 Å². The Hall–Kier alpha value is -0.160. The van der Waals surface area contributed by atoms with Gasteiger partial charge >= 0.3 is 0 Å². The van der Waals surface area contributed by atoms with Crippen LogP contribution in [0.1, 0.15) is 33.1 Å². The minimum Gasteiger partial charge on any atom is -0.374 e. The van der Waals surface area contributed by atoms with Crippen LogP contribution in [0.3, 0.4) is 0 Å². The average Bonchev–Trinajstić information content (AvgIpc) is 2.74. The summed E-state index contributed by atoms with van der Waals surface area (Å²) in [5, 5.41) is 0. The van der Waals surface area contributed by atoms with Crippen molar-refractivity contribution in [3.8, 4) is 0 Å². The smallest absolute Gasteiger partial charge is 0.0747 e. The van der Waals surface area contributed by atoms with E-state index in [0.29, 0.717) is 24.8 Å². The van der Waals surface area contributed by atoms with Crippen LogP contribution < -0.4 is 5.73 Å². The molecule has 3 atom stereocenters. The van der Waals surface area contributed by atoms with Crippen molar-refractivity contribution in [1.82, 2.24) is 9.80 Å². The Balaban J connectivity index is 2.44. The zero-order valence-electron chi connectivity index (χ0n) is 12.6. The predicted molar refractivity (Wildman–Crippen MR) is 76.8 cm³/mol. The number of rotatable bonds is 8. The van der Waals surface area contributed by atoms with Gasteiger partial charge in [-0.2, -0.15) is 0 Å². The monoisotopic (exact) mass is 257 g/mol. The van der Waals surface area contributed by atoms with E-state index in [1.807, 2.05) is 0 Å². The van der Waals surface area contributed by atoms with E-state index in [2.05, 4.69) is 37.7 Å². The fourth-order valence-corrected chi connectivity index (χ4v) is 2.80. The zero-order valence-corrected chi connectivity index (χ0v) is 12.6. The lowest BCUT2D eigenvalue weighted by Crippen LogP contribution is -2.49. The van der Waals surface area contributed by atoms with Gasteiger partial charge < -0.3 is 15.4 Å². The normalized spacial score (nSPS) is 26.2. The molecular formula is C14H31N3O. The summed E-state index contributed by atoms with van der Waals surface area (Å²) in [5.74, 6) is 0. The Kier molecular flexibility index (Phi) is 7.15. The molecule has 0 aliphatic carbocycles. The van der Waals surface area contributed by atoms with E-state index in [4.69, 9.17) is 10.5 Å². The first-order chi connectivity index (χ1) is 8.58. The van der Waals surface area contributed by atoms with Crippen molar-refractivity contribution in [3.63, 3.8) is 0 Å². The molecule has 0 aromatic carbocycles. The number of likely N-dealkylation sites (N-methyl/N-ethyl adjacent to an activating group) is 1. The van der Waals surface area contributed by atoms with Gasteiger partial charge in [0.2, 0.25) is 0 Å². The number of nitrogens with two attached hydrogens (primary N) is 1. The minimum atomic E-state index is 0.337. The van der Waals surface area contributed by atoms with Crippen LogP contribution in [0, 0.1) is 0 Å². The molecule has 1 aliphatic heterocycles. The van der Waals surface area contributed by atoms with Crippen LogP contribution in [-0.4, -0.2) is 68.3 Å². The first-order valence-corrected chi connectivity index (χ1v) is 7.32. The fourth-order valence-electron chi connectivity index (χ4n) is 2.80. The molecule has 0 aromatic heterocycles. The van der Waals surface area contributed by atoms with Crippen molar-refractivity contribution in [3.05, 3.63) is 0 Å². The predicted octanol–water partition coefficient (Wildman–Crippen LogP) is 1.15. The van der Waals surface area contributed by atoms with E-state index in [0.717, 1.165) is 26.1 Å². The number of ether oxygens (including phenoxy) is 1. The van der Waals surface area contributed by atoms with Gasteiger partial charge in [-0.25, -0.2) is 0 Å². The van der Waals surface area contributed by atoms with Gasteiger partial charge in [0.1, 0.15) is 0 Å². The highest BCUT2D eigenvalue weighted by atomic mass is 16.5. The van der Waals surface area contributed by atoms with Crippen LogP contribution in [0.4, 0.5) is 0 Å².